The summed E-state index contributed by atoms with van der Waals surface area (Å²) in [5.41, 5.74) is -0.545. The topological polar surface area (TPSA) is 37.3 Å². The molecule has 0 aromatic heterocycles. The number of rotatable bonds is 3. The first kappa shape index (κ1) is 11.7. The highest BCUT2D eigenvalue weighted by molar-refractivity contribution is 5.78. The molecule has 0 spiro atoms. The molecule has 1 N–H and O–H groups in total. The molecule has 82 valence electrons. The molecule has 0 aromatic carbocycles. The first-order valence-corrected chi connectivity index (χ1v) is 5.71. The minimum Gasteiger partial charge on any atom is -0.390 e. The standard InChI is InChI=1S/C12H22O2/c1-12(2,14)9-8-10-4-3-5-11(13)7-6-10/h10,14H,3-9H2,1-2H3. The Balaban J connectivity index is 2.27. The maximum absolute atomic E-state index is 11.2. The molecule has 2 heteroatoms. The average Bonchev–Trinajstić information content (AvgIpc) is 2.25. The van der Waals surface area contributed by atoms with Gasteiger partial charge in [-0.3, -0.25) is 4.79 Å². The van der Waals surface area contributed by atoms with Crippen LogP contribution >= 0.6 is 0 Å². The number of aliphatic hydroxyl groups is 1. The van der Waals surface area contributed by atoms with Crippen molar-refractivity contribution < 1.29 is 9.90 Å². The smallest absolute Gasteiger partial charge is 0.132 e. The molecule has 1 unspecified atom stereocenters. The van der Waals surface area contributed by atoms with Crippen LogP contribution in [0.25, 0.3) is 0 Å². The zero-order chi connectivity index (χ0) is 10.6. The summed E-state index contributed by atoms with van der Waals surface area (Å²) in [6.45, 7) is 3.71. The van der Waals surface area contributed by atoms with E-state index in [1.165, 1.54) is 6.42 Å². The van der Waals surface area contributed by atoms with Crippen molar-refractivity contribution in [3.8, 4) is 0 Å². The number of ketones is 1. The summed E-state index contributed by atoms with van der Waals surface area (Å²) < 4.78 is 0. The Kier molecular flexibility index (Phi) is 4.11. The van der Waals surface area contributed by atoms with E-state index in [9.17, 15) is 9.90 Å². The number of Topliss-reactive ketones (excluding diaryl/α,β-unsaturated/α-hetero) is 1. The van der Waals surface area contributed by atoms with E-state index in [2.05, 4.69) is 0 Å². The molecule has 1 saturated carbocycles. The minimum absolute atomic E-state index is 0.427. The SMILES string of the molecule is CC(C)(O)CCC1CCCC(=O)CC1. The van der Waals surface area contributed by atoms with Crippen molar-refractivity contribution in [2.75, 3.05) is 0 Å². The maximum Gasteiger partial charge on any atom is 0.132 e. The van der Waals surface area contributed by atoms with E-state index >= 15 is 0 Å². The molecule has 14 heavy (non-hydrogen) atoms. The molecule has 1 aliphatic carbocycles. The quantitative estimate of drug-likeness (QED) is 0.708. The average molecular weight is 198 g/mol. The van der Waals surface area contributed by atoms with Crippen molar-refractivity contribution in [3.63, 3.8) is 0 Å². The molecule has 2 nitrogen and oxygen atoms in total. The fourth-order valence-electron chi connectivity index (χ4n) is 2.07. The lowest BCUT2D eigenvalue weighted by Crippen LogP contribution is -2.19. The fourth-order valence-corrected chi connectivity index (χ4v) is 2.07. The minimum atomic E-state index is -0.545. The summed E-state index contributed by atoms with van der Waals surface area (Å²) in [6.07, 6.45) is 6.71. The van der Waals surface area contributed by atoms with Crippen LogP contribution in [0.4, 0.5) is 0 Å². The van der Waals surface area contributed by atoms with Gasteiger partial charge in [-0.25, -0.2) is 0 Å². The van der Waals surface area contributed by atoms with Crippen molar-refractivity contribution in [2.45, 2.75) is 64.4 Å². The van der Waals surface area contributed by atoms with Gasteiger partial charge in [0.1, 0.15) is 5.78 Å². The van der Waals surface area contributed by atoms with Crippen molar-refractivity contribution in [1.29, 1.82) is 0 Å². The summed E-state index contributed by atoms with van der Waals surface area (Å²) in [7, 11) is 0. The molecule has 1 rings (SSSR count). The van der Waals surface area contributed by atoms with Crippen LogP contribution < -0.4 is 0 Å². The normalized spacial score (nSPS) is 24.8. The van der Waals surface area contributed by atoms with Gasteiger partial charge >= 0.3 is 0 Å². The lowest BCUT2D eigenvalue weighted by atomic mass is 9.90. The Labute approximate surface area is 86.7 Å². The maximum atomic E-state index is 11.2. The second kappa shape index (κ2) is 4.92. The lowest BCUT2D eigenvalue weighted by Gasteiger charge is -2.20. The van der Waals surface area contributed by atoms with E-state index in [-0.39, 0.29) is 0 Å². The zero-order valence-electron chi connectivity index (χ0n) is 9.38. The van der Waals surface area contributed by atoms with Gasteiger partial charge in [-0.05, 0) is 45.4 Å². The zero-order valence-corrected chi connectivity index (χ0v) is 9.38. The van der Waals surface area contributed by atoms with Crippen molar-refractivity contribution in [1.82, 2.24) is 0 Å². The van der Waals surface area contributed by atoms with Gasteiger partial charge in [0, 0.05) is 12.8 Å². The van der Waals surface area contributed by atoms with Gasteiger partial charge in [-0.15, -0.1) is 0 Å². The van der Waals surface area contributed by atoms with Gasteiger partial charge in [0.15, 0.2) is 0 Å². The second-order valence-electron chi connectivity index (χ2n) is 5.19. The molecular formula is C12H22O2. The predicted octanol–water partition coefficient (Wildman–Crippen LogP) is 2.69. The van der Waals surface area contributed by atoms with E-state index in [0.717, 1.165) is 38.5 Å². The van der Waals surface area contributed by atoms with Crippen LogP contribution in [0.15, 0.2) is 0 Å². The molecule has 1 fully saturated rings. The lowest BCUT2D eigenvalue weighted by molar-refractivity contribution is -0.118. The number of hydrogen-bond acceptors (Lipinski definition) is 2. The molecule has 0 saturated heterocycles. The van der Waals surface area contributed by atoms with Crippen LogP contribution in [-0.2, 0) is 4.79 Å². The monoisotopic (exact) mass is 198 g/mol. The van der Waals surface area contributed by atoms with Crippen LogP contribution in [-0.4, -0.2) is 16.5 Å². The van der Waals surface area contributed by atoms with E-state index in [0.29, 0.717) is 11.7 Å². The Morgan fingerprint density at radius 3 is 2.71 bits per heavy atom. The van der Waals surface area contributed by atoms with Gasteiger partial charge < -0.3 is 5.11 Å². The molecule has 0 radical (unpaired) electrons. The van der Waals surface area contributed by atoms with Crippen LogP contribution in [0.3, 0.4) is 0 Å². The molecule has 0 heterocycles. The highest BCUT2D eigenvalue weighted by atomic mass is 16.3. The van der Waals surface area contributed by atoms with E-state index < -0.39 is 5.60 Å². The highest BCUT2D eigenvalue weighted by Crippen LogP contribution is 2.27. The molecule has 0 aliphatic heterocycles. The predicted molar refractivity (Wildman–Crippen MR) is 57.1 cm³/mol. The molecule has 0 bridgehead atoms. The Morgan fingerprint density at radius 2 is 2.07 bits per heavy atom. The largest absolute Gasteiger partial charge is 0.390 e. The van der Waals surface area contributed by atoms with E-state index in [4.69, 9.17) is 0 Å². The Morgan fingerprint density at radius 1 is 1.36 bits per heavy atom. The summed E-state index contributed by atoms with van der Waals surface area (Å²) >= 11 is 0. The molecule has 0 amide bonds. The Bertz CT molecular complexity index is 191. The van der Waals surface area contributed by atoms with Gasteiger partial charge in [0.05, 0.1) is 5.60 Å². The second-order valence-corrected chi connectivity index (χ2v) is 5.19. The summed E-state index contributed by atoms with van der Waals surface area (Å²) in [6, 6.07) is 0. The Hall–Kier alpha value is -0.370. The number of carbonyl (C=O) groups is 1. The fraction of sp³-hybridized carbons (Fsp3) is 0.917. The summed E-state index contributed by atoms with van der Waals surface area (Å²) in [5, 5.41) is 9.60. The van der Waals surface area contributed by atoms with Gasteiger partial charge in [0.25, 0.3) is 0 Å². The third-order valence-corrected chi connectivity index (χ3v) is 3.06. The third-order valence-electron chi connectivity index (χ3n) is 3.06. The molecule has 1 aliphatic rings. The first-order valence-electron chi connectivity index (χ1n) is 5.71. The summed E-state index contributed by atoms with van der Waals surface area (Å²) in [5.74, 6) is 1.09. The molecule has 1 atom stereocenters. The molecular weight excluding hydrogens is 176 g/mol. The number of hydrogen-bond donors (Lipinski definition) is 1. The molecule has 0 aromatic rings. The van der Waals surface area contributed by atoms with Crippen molar-refractivity contribution in [2.24, 2.45) is 5.92 Å². The van der Waals surface area contributed by atoms with Crippen LogP contribution in [0, 0.1) is 5.92 Å². The van der Waals surface area contributed by atoms with Crippen LogP contribution in [0.5, 0.6) is 0 Å². The first-order chi connectivity index (χ1) is 6.47. The van der Waals surface area contributed by atoms with Gasteiger partial charge in [-0.1, -0.05) is 6.42 Å². The summed E-state index contributed by atoms with van der Waals surface area (Å²) in [4.78, 5) is 11.2. The highest BCUT2D eigenvalue weighted by Gasteiger charge is 2.19. The van der Waals surface area contributed by atoms with Gasteiger partial charge in [0.2, 0.25) is 0 Å². The van der Waals surface area contributed by atoms with Crippen LogP contribution in [0.1, 0.15) is 58.8 Å². The van der Waals surface area contributed by atoms with Crippen LogP contribution in [0.2, 0.25) is 0 Å². The van der Waals surface area contributed by atoms with Gasteiger partial charge in [-0.2, -0.15) is 0 Å². The van der Waals surface area contributed by atoms with E-state index in [1.807, 2.05) is 13.8 Å². The number of carbonyl (C=O) groups excluding carboxylic acids is 1. The van der Waals surface area contributed by atoms with Crippen molar-refractivity contribution in [3.05, 3.63) is 0 Å². The third kappa shape index (κ3) is 4.75. The van der Waals surface area contributed by atoms with E-state index in [1.54, 1.807) is 0 Å². The van der Waals surface area contributed by atoms with Crippen molar-refractivity contribution >= 4 is 5.78 Å².